The highest BCUT2D eigenvalue weighted by Crippen LogP contribution is 2.00. The number of hydrogen-bond acceptors (Lipinski definition) is 4. The quantitative estimate of drug-likeness (QED) is 0.281. The van der Waals surface area contributed by atoms with Crippen molar-refractivity contribution in [1.82, 2.24) is 0 Å². The van der Waals surface area contributed by atoms with Crippen molar-refractivity contribution in [3.63, 3.8) is 0 Å². The molecule has 0 aromatic rings. The van der Waals surface area contributed by atoms with Crippen LogP contribution in [0.2, 0.25) is 0 Å². The summed E-state index contributed by atoms with van der Waals surface area (Å²) in [7, 11) is -0.161. The molecule has 0 spiro atoms. The van der Waals surface area contributed by atoms with E-state index in [1.165, 1.54) is 0 Å². The smallest absolute Gasteiger partial charge is 0.333 e. The number of rotatable bonds is 7. The van der Waals surface area contributed by atoms with Gasteiger partial charge in [0.2, 0.25) is 0 Å². The summed E-state index contributed by atoms with van der Waals surface area (Å²) >= 11 is 0. The molecular weight excluding hydrogens is 203 g/mol. The summed E-state index contributed by atoms with van der Waals surface area (Å²) in [5.41, 5.74) is 0.342. The van der Waals surface area contributed by atoms with Gasteiger partial charge in [0.25, 0.3) is 0 Å². The van der Waals surface area contributed by atoms with Crippen LogP contribution in [0.4, 0.5) is 0 Å². The number of Topliss-reactive ketones (excluding diaryl/α,β-unsaturated/α-hetero) is 1. The Labute approximate surface area is 84.5 Å². The van der Waals surface area contributed by atoms with Crippen molar-refractivity contribution < 1.29 is 18.9 Å². The highest BCUT2D eigenvalue weighted by molar-refractivity contribution is 7.25. The summed E-state index contributed by atoms with van der Waals surface area (Å²) in [5.74, 6) is -0.535. The number of carbonyl (C=O) groups is 2. The molecule has 0 aliphatic carbocycles. The second kappa shape index (κ2) is 7.39. The topological polar surface area (TPSA) is 60.4 Å². The van der Waals surface area contributed by atoms with Gasteiger partial charge in [0.15, 0.2) is 8.46 Å². The molecule has 0 atom stereocenters. The molecule has 0 radical (unpaired) electrons. The molecule has 0 aromatic heterocycles. The Morgan fingerprint density at radius 2 is 2.07 bits per heavy atom. The van der Waals surface area contributed by atoms with E-state index in [1.807, 2.05) is 0 Å². The Morgan fingerprint density at radius 3 is 2.57 bits per heavy atom. The highest BCUT2D eigenvalue weighted by atomic mass is 31.1. The van der Waals surface area contributed by atoms with Gasteiger partial charge in [-0.25, -0.2) is 4.79 Å². The first-order valence-electron chi connectivity index (χ1n) is 4.21. The lowest BCUT2D eigenvalue weighted by Gasteiger charge is -2.02. The maximum Gasteiger partial charge on any atom is 0.333 e. The van der Waals surface area contributed by atoms with Gasteiger partial charge < -0.3 is 4.74 Å². The zero-order valence-corrected chi connectivity index (χ0v) is 9.01. The molecule has 0 N–H and O–H groups in total. The van der Waals surface area contributed by atoms with E-state index < -0.39 is 5.97 Å². The van der Waals surface area contributed by atoms with E-state index in [0.29, 0.717) is 18.4 Å². The van der Waals surface area contributed by atoms with Crippen LogP contribution in [0.1, 0.15) is 19.8 Å². The molecular formula is C9H13O4P. The molecule has 0 heterocycles. The van der Waals surface area contributed by atoms with Crippen LogP contribution in [0.5, 0.6) is 0 Å². The molecule has 78 valence electrons. The molecule has 0 amide bonds. The first-order valence-corrected chi connectivity index (χ1v) is 5.21. The Hall–Kier alpha value is -1.02. The van der Waals surface area contributed by atoms with Crippen molar-refractivity contribution in [3.8, 4) is 0 Å². The summed E-state index contributed by atoms with van der Waals surface area (Å²) in [5, 5.41) is 0. The van der Waals surface area contributed by atoms with Gasteiger partial charge in [0.1, 0.15) is 5.78 Å². The lowest BCUT2D eigenvalue weighted by Crippen LogP contribution is -2.08. The molecule has 0 bridgehead atoms. The van der Waals surface area contributed by atoms with Gasteiger partial charge in [-0.2, -0.15) is 0 Å². The van der Waals surface area contributed by atoms with Crippen LogP contribution in [0.3, 0.4) is 0 Å². The van der Waals surface area contributed by atoms with Crippen LogP contribution in [-0.4, -0.2) is 24.5 Å². The molecule has 0 fully saturated rings. The van der Waals surface area contributed by atoms with Gasteiger partial charge in [-0.1, -0.05) is 6.58 Å². The van der Waals surface area contributed by atoms with Gasteiger partial charge in [-0.05, 0) is 13.3 Å². The maximum atomic E-state index is 10.9. The van der Waals surface area contributed by atoms with Crippen molar-refractivity contribution in [2.45, 2.75) is 19.8 Å². The van der Waals surface area contributed by atoms with Crippen molar-refractivity contribution in [1.29, 1.82) is 0 Å². The number of hydrogen-bond donors (Lipinski definition) is 0. The third-order valence-corrected chi connectivity index (χ3v) is 1.90. The number of esters is 1. The van der Waals surface area contributed by atoms with Gasteiger partial charge in [-0.3, -0.25) is 9.36 Å². The van der Waals surface area contributed by atoms with Crippen LogP contribution in [0.25, 0.3) is 0 Å². The first kappa shape index (κ1) is 13.0. The van der Waals surface area contributed by atoms with E-state index >= 15 is 0 Å². The number of ether oxygens (including phenoxy) is 1. The van der Waals surface area contributed by atoms with E-state index in [-0.39, 0.29) is 27.0 Å². The average molecular weight is 216 g/mol. The van der Waals surface area contributed by atoms with Crippen molar-refractivity contribution in [2.24, 2.45) is 0 Å². The molecule has 4 nitrogen and oxygen atoms in total. The predicted octanol–water partition coefficient (Wildman–Crippen LogP) is 1.75. The molecule has 0 aliphatic heterocycles. The summed E-state index contributed by atoms with van der Waals surface area (Å²) in [6.45, 7) is 5.18. The molecule has 0 unspecified atom stereocenters. The molecule has 0 saturated carbocycles. The monoisotopic (exact) mass is 216 g/mol. The Bertz CT molecular complexity index is 247. The van der Waals surface area contributed by atoms with Crippen LogP contribution in [-0.2, 0) is 18.9 Å². The molecule has 5 heteroatoms. The predicted molar refractivity (Wildman–Crippen MR) is 52.5 cm³/mol. The maximum absolute atomic E-state index is 10.9. The Morgan fingerprint density at radius 1 is 1.43 bits per heavy atom. The van der Waals surface area contributed by atoms with E-state index in [9.17, 15) is 14.2 Å². The summed E-state index contributed by atoms with van der Waals surface area (Å²) < 4.78 is 14.8. The zero-order valence-electron chi connectivity index (χ0n) is 8.12. The zero-order chi connectivity index (χ0) is 11.0. The molecule has 0 aromatic carbocycles. The minimum atomic E-state index is -0.445. The number of ketones is 1. The lowest BCUT2D eigenvalue weighted by molar-refractivity contribution is -0.139. The Balaban J connectivity index is 3.47. The van der Waals surface area contributed by atoms with Crippen LogP contribution < -0.4 is 0 Å². The summed E-state index contributed by atoms with van der Waals surface area (Å²) in [4.78, 5) is 21.7. The van der Waals surface area contributed by atoms with E-state index in [2.05, 4.69) is 6.58 Å². The van der Waals surface area contributed by atoms with Crippen LogP contribution in [0.15, 0.2) is 12.2 Å². The summed E-state index contributed by atoms with van der Waals surface area (Å²) in [6.07, 6.45) is 0.792. The minimum Gasteiger partial charge on any atom is -0.462 e. The standard InChI is InChI=1S/C9H13O4P/c1-7(2)9(11)13-5-3-4-8(10)6-14-12/h1,3-6H2,2H3. The fourth-order valence-electron chi connectivity index (χ4n) is 0.708. The molecule has 14 heavy (non-hydrogen) atoms. The number of carbonyl (C=O) groups excluding carboxylic acids is 2. The van der Waals surface area contributed by atoms with Gasteiger partial charge in [0.05, 0.1) is 12.8 Å². The second-order valence-electron chi connectivity index (χ2n) is 2.85. The van der Waals surface area contributed by atoms with Crippen molar-refractivity contribution in [3.05, 3.63) is 12.2 Å². The highest BCUT2D eigenvalue weighted by Gasteiger charge is 2.04. The van der Waals surface area contributed by atoms with Crippen LogP contribution >= 0.6 is 8.46 Å². The molecule has 0 rings (SSSR count). The first-order chi connectivity index (χ1) is 6.57. The Kier molecular flexibility index (Phi) is 6.85. The molecule has 0 aliphatic rings. The largest absolute Gasteiger partial charge is 0.462 e. The van der Waals surface area contributed by atoms with Crippen molar-refractivity contribution in [2.75, 3.05) is 12.8 Å². The normalized spacial score (nSPS) is 9.79. The SMILES string of the molecule is C=C(C)C(=O)OCCCC(=O)CP=O. The van der Waals surface area contributed by atoms with E-state index in [1.54, 1.807) is 6.92 Å². The van der Waals surface area contributed by atoms with Crippen LogP contribution in [0, 0.1) is 0 Å². The van der Waals surface area contributed by atoms with Gasteiger partial charge >= 0.3 is 5.97 Å². The minimum absolute atomic E-state index is 0.0361. The lowest BCUT2D eigenvalue weighted by atomic mass is 10.2. The fourth-order valence-corrected chi connectivity index (χ4v) is 1.01. The van der Waals surface area contributed by atoms with Crippen molar-refractivity contribution >= 4 is 20.2 Å². The van der Waals surface area contributed by atoms with Gasteiger partial charge in [-0.15, -0.1) is 0 Å². The average Bonchev–Trinajstić information content (AvgIpc) is 2.12. The third kappa shape index (κ3) is 6.49. The van der Waals surface area contributed by atoms with E-state index in [4.69, 9.17) is 4.74 Å². The summed E-state index contributed by atoms with van der Waals surface area (Å²) in [6, 6.07) is 0. The van der Waals surface area contributed by atoms with E-state index in [0.717, 1.165) is 0 Å². The third-order valence-electron chi connectivity index (χ3n) is 1.42. The van der Waals surface area contributed by atoms with Gasteiger partial charge in [0, 0.05) is 12.0 Å². The fraction of sp³-hybridized carbons (Fsp3) is 0.556. The molecule has 0 saturated heterocycles. The second-order valence-corrected chi connectivity index (χ2v) is 3.42.